The summed E-state index contributed by atoms with van der Waals surface area (Å²) in [4.78, 5) is 38.9. The highest BCUT2D eigenvalue weighted by molar-refractivity contribution is 6.57. The van der Waals surface area contributed by atoms with Crippen molar-refractivity contribution in [1.29, 1.82) is 0 Å². The molecule has 9 nitrogen and oxygen atoms in total. The number of amides is 1. The molecule has 2 aliphatic heterocycles. The maximum Gasteiger partial charge on any atom is 0.341 e. The van der Waals surface area contributed by atoms with Gasteiger partial charge in [-0.1, -0.05) is 34.9 Å². The number of nitrogens with zero attached hydrogens (tertiary/aromatic N) is 1. The quantitative estimate of drug-likeness (QED) is 0.237. The molecular formula is C25H31Cl2FN2O7. The average molecular weight is 561 g/mol. The minimum Gasteiger partial charge on any atom is -0.496 e. The zero-order valence-electron chi connectivity index (χ0n) is 21.0. The largest absolute Gasteiger partial charge is 0.496 e. The van der Waals surface area contributed by atoms with E-state index in [-0.39, 0.29) is 24.3 Å². The van der Waals surface area contributed by atoms with E-state index in [1.54, 1.807) is 13.0 Å². The summed E-state index contributed by atoms with van der Waals surface area (Å²) in [6.07, 6.45) is 2.76. The number of allylic oxidation sites excluding steroid dienone is 2. The van der Waals surface area contributed by atoms with Crippen LogP contribution in [0.4, 0.5) is 10.1 Å². The molecule has 0 radical (unpaired) electrons. The van der Waals surface area contributed by atoms with Gasteiger partial charge in [-0.05, 0) is 45.2 Å². The number of rotatable bonds is 11. The molecule has 37 heavy (non-hydrogen) atoms. The van der Waals surface area contributed by atoms with E-state index < -0.39 is 28.4 Å². The number of morpholine rings is 1. The van der Waals surface area contributed by atoms with Crippen LogP contribution in [0.25, 0.3) is 0 Å². The monoisotopic (exact) mass is 560 g/mol. The number of fused-ring (bicyclic) bond motifs is 1. The van der Waals surface area contributed by atoms with Gasteiger partial charge in [0.25, 0.3) is 5.91 Å². The molecule has 204 valence electrons. The Morgan fingerprint density at radius 2 is 2.00 bits per heavy atom. The lowest BCUT2D eigenvalue weighted by Crippen LogP contribution is -2.38. The van der Waals surface area contributed by atoms with E-state index in [1.165, 1.54) is 7.11 Å². The van der Waals surface area contributed by atoms with E-state index in [4.69, 9.17) is 37.4 Å². The zero-order valence-corrected chi connectivity index (χ0v) is 22.5. The number of ether oxygens (including phenoxy) is 3. The molecular weight excluding hydrogens is 530 g/mol. The Kier molecular flexibility index (Phi) is 9.80. The van der Waals surface area contributed by atoms with E-state index in [9.17, 15) is 23.9 Å². The molecule has 0 aliphatic carbocycles. The molecule has 2 heterocycles. The van der Waals surface area contributed by atoms with E-state index in [2.05, 4.69) is 10.2 Å². The van der Waals surface area contributed by atoms with Crippen LogP contribution < -0.4 is 10.1 Å². The number of carbonyl (C=O) groups is 3. The highest BCUT2D eigenvalue weighted by atomic mass is 35.5. The second-order valence-electron chi connectivity index (χ2n) is 9.13. The molecule has 1 aromatic rings. The number of nitrogens with one attached hydrogen (secondary N) is 1. The second kappa shape index (κ2) is 12.4. The number of halogens is 3. The third kappa shape index (κ3) is 7.13. The lowest BCUT2D eigenvalue weighted by molar-refractivity contribution is -0.142. The molecule has 0 bridgehead atoms. The molecule has 12 heteroatoms. The summed E-state index contributed by atoms with van der Waals surface area (Å²) in [6, 6.07) is 0. The number of carboxylic acid groups (broad SMARTS) is 1. The van der Waals surface area contributed by atoms with Crippen molar-refractivity contribution in [2.75, 3.05) is 45.3 Å². The van der Waals surface area contributed by atoms with Crippen LogP contribution in [-0.2, 0) is 32.1 Å². The number of hydrogen-bond donors (Lipinski definition) is 2. The predicted molar refractivity (Wildman–Crippen MR) is 136 cm³/mol. The first-order valence-electron chi connectivity index (χ1n) is 11.9. The summed E-state index contributed by atoms with van der Waals surface area (Å²) >= 11 is 10.7. The van der Waals surface area contributed by atoms with Crippen LogP contribution in [0.3, 0.4) is 0 Å². The van der Waals surface area contributed by atoms with Gasteiger partial charge in [0.15, 0.2) is 0 Å². The minimum absolute atomic E-state index is 0.000531. The van der Waals surface area contributed by atoms with Gasteiger partial charge in [0.2, 0.25) is 0 Å². The van der Waals surface area contributed by atoms with Crippen LogP contribution in [0.5, 0.6) is 5.75 Å². The van der Waals surface area contributed by atoms with Crippen molar-refractivity contribution in [2.24, 2.45) is 5.92 Å². The van der Waals surface area contributed by atoms with Gasteiger partial charge in [-0.15, -0.1) is 0 Å². The fourth-order valence-electron chi connectivity index (χ4n) is 4.60. The Labute approximate surface area is 224 Å². The van der Waals surface area contributed by atoms with Crippen LogP contribution in [0.15, 0.2) is 11.6 Å². The van der Waals surface area contributed by atoms with Crippen LogP contribution in [0.2, 0.25) is 0 Å². The van der Waals surface area contributed by atoms with Crippen molar-refractivity contribution >= 4 is 46.7 Å². The number of esters is 1. The predicted octanol–water partition coefficient (Wildman–Crippen LogP) is 4.02. The number of carboxylic acids is 1. The van der Waals surface area contributed by atoms with Crippen molar-refractivity contribution in [3.05, 3.63) is 33.9 Å². The Balaban J connectivity index is 1.87. The maximum absolute atomic E-state index is 13.9. The average Bonchev–Trinajstić information content (AvgIpc) is 3.23. The molecule has 2 N–H and O–H groups in total. The number of methoxy groups -OCH3 is 1. The van der Waals surface area contributed by atoms with Gasteiger partial charge in [0.05, 0.1) is 37.5 Å². The van der Waals surface area contributed by atoms with Crippen molar-refractivity contribution in [3.63, 3.8) is 0 Å². The number of benzene rings is 1. The Morgan fingerprint density at radius 1 is 1.32 bits per heavy atom. The molecule has 1 fully saturated rings. The molecule has 0 spiro atoms. The van der Waals surface area contributed by atoms with Crippen LogP contribution in [-0.4, -0.2) is 72.4 Å². The zero-order chi connectivity index (χ0) is 27.3. The van der Waals surface area contributed by atoms with Crippen molar-refractivity contribution in [2.45, 2.75) is 44.3 Å². The third-order valence-electron chi connectivity index (χ3n) is 6.64. The molecule has 1 amide bonds. The number of hydrogen-bond acceptors (Lipinski definition) is 7. The van der Waals surface area contributed by atoms with Crippen LogP contribution >= 0.6 is 23.2 Å². The van der Waals surface area contributed by atoms with Crippen LogP contribution in [0, 0.1) is 12.8 Å². The summed E-state index contributed by atoms with van der Waals surface area (Å²) in [5.41, 5.74) is 2.41. The van der Waals surface area contributed by atoms with Gasteiger partial charge in [0, 0.05) is 24.2 Å². The molecule has 2 aliphatic rings. The van der Waals surface area contributed by atoms with Gasteiger partial charge >= 0.3 is 16.5 Å². The van der Waals surface area contributed by atoms with Crippen molar-refractivity contribution in [3.8, 4) is 5.75 Å². The first kappa shape index (κ1) is 29.2. The topological polar surface area (TPSA) is 114 Å². The van der Waals surface area contributed by atoms with E-state index in [1.807, 2.05) is 6.92 Å². The standard InChI is InChI=1S/C25H31Cl2FN2O7/c1-14(12-16(22(31)32)6-7-30-8-10-36-11-9-30)4-5-17-20(29-24(34)25(26,27)28)19-18(13-37-23(19)33)15(2)21(17)35-3/h4,16H,5-13H2,1-3H3,(H,29,34)(H,31,32)/b14-4+. The Morgan fingerprint density at radius 3 is 2.59 bits per heavy atom. The molecule has 0 aromatic heterocycles. The summed E-state index contributed by atoms with van der Waals surface area (Å²) in [5, 5.41) is 12.1. The molecule has 3 rings (SSSR count). The molecule has 1 saturated heterocycles. The van der Waals surface area contributed by atoms with Crippen molar-refractivity contribution < 1.29 is 38.1 Å². The van der Waals surface area contributed by atoms with E-state index in [0.717, 1.165) is 18.7 Å². The van der Waals surface area contributed by atoms with Crippen molar-refractivity contribution in [1.82, 2.24) is 4.90 Å². The molecule has 0 saturated carbocycles. The Hall–Kier alpha value is -2.40. The molecule has 1 aromatic carbocycles. The summed E-state index contributed by atoms with van der Waals surface area (Å²) in [7, 11) is 1.44. The number of carbonyl (C=O) groups excluding carboxylic acids is 2. The highest BCUT2D eigenvalue weighted by Crippen LogP contribution is 2.42. The fourth-order valence-corrected chi connectivity index (χ4v) is 4.69. The lowest BCUT2D eigenvalue weighted by atomic mass is 9.92. The maximum atomic E-state index is 13.9. The SMILES string of the molecule is COc1c(C)c2c(c(NC(=O)C(F)(Cl)Cl)c1C/C=C(\C)CC(CCN1CCOCC1)C(=O)O)C(=O)OC2. The molecule has 1 unspecified atom stereocenters. The summed E-state index contributed by atoms with van der Waals surface area (Å²) in [5.74, 6) is -3.13. The number of aliphatic carboxylic acids is 1. The van der Waals surface area contributed by atoms with Gasteiger partial charge in [-0.3, -0.25) is 14.5 Å². The van der Waals surface area contributed by atoms with Gasteiger partial charge in [-0.2, -0.15) is 4.39 Å². The third-order valence-corrected chi connectivity index (χ3v) is 6.99. The minimum atomic E-state index is -3.23. The van der Waals surface area contributed by atoms with E-state index in [0.29, 0.717) is 55.0 Å². The Bertz CT molecular complexity index is 1080. The number of cyclic esters (lactones) is 1. The first-order chi connectivity index (χ1) is 17.4. The van der Waals surface area contributed by atoms with Gasteiger partial charge in [0.1, 0.15) is 12.4 Å². The normalized spacial score (nSPS) is 17.2. The second-order valence-corrected chi connectivity index (χ2v) is 10.4. The number of alkyl halides is 3. The number of anilines is 1. The lowest BCUT2D eigenvalue weighted by Gasteiger charge is -2.27. The van der Waals surface area contributed by atoms with Crippen LogP contribution in [0.1, 0.15) is 46.8 Å². The summed E-state index contributed by atoms with van der Waals surface area (Å²) in [6.45, 7) is 7.03. The smallest absolute Gasteiger partial charge is 0.341 e. The molecule has 1 atom stereocenters. The van der Waals surface area contributed by atoms with E-state index >= 15 is 0 Å². The first-order valence-corrected chi connectivity index (χ1v) is 12.7. The van der Waals surface area contributed by atoms with Gasteiger partial charge < -0.3 is 24.6 Å². The fraction of sp³-hybridized carbons (Fsp3) is 0.560. The highest BCUT2D eigenvalue weighted by Gasteiger charge is 2.38. The van der Waals surface area contributed by atoms with Gasteiger partial charge in [-0.25, -0.2) is 4.79 Å². The summed E-state index contributed by atoms with van der Waals surface area (Å²) < 4.78 is 26.8.